The average Bonchev–Trinajstić information content (AvgIpc) is 3.42. The highest BCUT2D eigenvalue weighted by atomic mass is 35.5. The normalized spacial score (nSPS) is 11.1. The molecule has 1 heterocycles. The average molecular weight is 538 g/mol. The summed E-state index contributed by atoms with van der Waals surface area (Å²) in [5.74, 6) is -0.481. The Morgan fingerprint density at radius 2 is 1.65 bits per heavy atom. The van der Waals surface area contributed by atoms with E-state index in [1.165, 1.54) is 18.4 Å². The van der Waals surface area contributed by atoms with Gasteiger partial charge in [-0.1, -0.05) is 48.0 Å². The summed E-state index contributed by atoms with van der Waals surface area (Å²) in [6.45, 7) is 1.31. The molecule has 4 rings (SSSR count). The number of sulfonamides is 1. The first-order valence-corrected chi connectivity index (χ1v) is 13.1. The van der Waals surface area contributed by atoms with E-state index in [4.69, 9.17) is 16.0 Å². The van der Waals surface area contributed by atoms with Crippen molar-refractivity contribution in [1.82, 2.24) is 5.32 Å². The Labute approximate surface area is 219 Å². The second-order valence-electron chi connectivity index (χ2n) is 8.06. The van der Waals surface area contributed by atoms with E-state index in [0.29, 0.717) is 16.3 Å². The van der Waals surface area contributed by atoms with Crippen LogP contribution in [0.5, 0.6) is 0 Å². The van der Waals surface area contributed by atoms with Gasteiger partial charge in [0.15, 0.2) is 0 Å². The highest BCUT2D eigenvalue weighted by Crippen LogP contribution is 2.31. The predicted octanol–water partition coefficient (Wildman–Crippen LogP) is 5.01. The molecule has 0 saturated heterocycles. The third-order valence-corrected chi connectivity index (χ3v) is 7.76. The van der Waals surface area contributed by atoms with Crippen LogP contribution < -0.4 is 14.9 Å². The molecule has 0 spiro atoms. The first kappa shape index (κ1) is 26.0. The van der Waals surface area contributed by atoms with Crippen molar-refractivity contribution in [3.8, 4) is 0 Å². The number of carbonyl (C=O) groups is 2. The fourth-order valence-corrected chi connectivity index (χ4v) is 5.34. The maximum Gasteiger partial charge on any atom is 0.264 e. The van der Waals surface area contributed by atoms with Crippen LogP contribution in [0.15, 0.2) is 101 Å². The Bertz CT molecular complexity index is 1510. The van der Waals surface area contributed by atoms with E-state index in [1.54, 1.807) is 79.7 Å². The van der Waals surface area contributed by atoms with Gasteiger partial charge in [-0.05, 0) is 61.0 Å². The summed E-state index contributed by atoms with van der Waals surface area (Å²) < 4.78 is 33.4. The molecule has 2 amide bonds. The third-order valence-electron chi connectivity index (χ3n) is 5.58. The van der Waals surface area contributed by atoms with Crippen LogP contribution >= 0.6 is 11.6 Å². The summed E-state index contributed by atoms with van der Waals surface area (Å²) >= 11 is 6.27. The smallest absolute Gasteiger partial charge is 0.264 e. The van der Waals surface area contributed by atoms with Crippen molar-refractivity contribution in [2.24, 2.45) is 0 Å². The van der Waals surface area contributed by atoms with Gasteiger partial charge in [0.1, 0.15) is 12.3 Å². The highest BCUT2D eigenvalue weighted by molar-refractivity contribution is 7.92. The van der Waals surface area contributed by atoms with Crippen molar-refractivity contribution in [3.05, 3.63) is 113 Å². The molecule has 0 fully saturated rings. The lowest BCUT2D eigenvalue weighted by Crippen LogP contribution is -2.39. The second-order valence-corrected chi connectivity index (χ2v) is 10.3. The van der Waals surface area contributed by atoms with E-state index >= 15 is 0 Å². The van der Waals surface area contributed by atoms with Crippen LogP contribution in [-0.4, -0.2) is 26.8 Å². The van der Waals surface area contributed by atoms with Crippen LogP contribution in [0, 0.1) is 6.92 Å². The molecule has 0 atom stereocenters. The van der Waals surface area contributed by atoms with Crippen molar-refractivity contribution >= 4 is 44.8 Å². The van der Waals surface area contributed by atoms with Gasteiger partial charge in [0.2, 0.25) is 5.91 Å². The van der Waals surface area contributed by atoms with Crippen LogP contribution in [-0.2, 0) is 21.4 Å². The summed E-state index contributed by atoms with van der Waals surface area (Å²) in [4.78, 5) is 26.0. The zero-order chi connectivity index (χ0) is 26.4. The summed E-state index contributed by atoms with van der Waals surface area (Å²) in [5.41, 5.74) is 1.24. The molecule has 0 aliphatic heterocycles. The molecule has 8 nitrogen and oxygen atoms in total. The molecular weight excluding hydrogens is 514 g/mol. The molecule has 190 valence electrons. The molecule has 3 aromatic carbocycles. The van der Waals surface area contributed by atoms with Gasteiger partial charge in [0.05, 0.1) is 34.6 Å². The number of anilines is 2. The summed E-state index contributed by atoms with van der Waals surface area (Å²) in [5, 5.41) is 5.78. The minimum atomic E-state index is -4.12. The number of furan rings is 1. The quantitative estimate of drug-likeness (QED) is 0.312. The molecule has 0 saturated carbocycles. The number of benzene rings is 3. The molecule has 0 bridgehead atoms. The number of halogens is 1. The summed E-state index contributed by atoms with van der Waals surface area (Å²) in [7, 11) is -4.12. The molecule has 2 N–H and O–H groups in total. The molecule has 4 aromatic rings. The van der Waals surface area contributed by atoms with Crippen LogP contribution in [0.25, 0.3) is 0 Å². The standard InChI is InChI=1S/C27H24ClN3O5S/c1-19-23(28)13-7-15-25(19)31(37(34,35)21-10-3-2-4-11-21)18-26(32)30-24-14-6-5-12-22(24)27(33)29-17-20-9-8-16-36-20/h2-16H,17-18H2,1H3,(H,29,33)(H,30,32). The maximum atomic E-state index is 13.6. The van der Waals surface area contributed by atoms with Gasteiger partial charge >= 0.3 is 0 Å². The van der Waals surface area contributed by atoms with E-state index < -0.39 is 28.4 Å². The molecular formula is C27H24ClN3O5S. The molecule has 37 heavy (non-hydrogen) atoms. The molecule has 0 radical (unpaired) electrons. The Morgan fingerprint density at radius 1 is 0.919 bits per heavy atom. The van der Waals surface area contributed by atoms with Gasteiger partial charge in [0.25, 0.3) is 15.9 Å². The lowest BCUT2D eigenvalue weighted by Gasteiger charge is -2.26. The Balaban J connectivity index is 1.60. The number of carbonyl (C=O) groups excluding carboxylic acids is 2. The molecule has 0 aliphatic carbocycles. The van der Waals surface area contributed by atoms with Crippen LogP contribution in [0.1, 0.15) is 21.7 Å². The number of hydrogen-bond acceptors (Lipinski definition) is 5. The molecule has 1 aromatic heterocycles. The zero-order valence-electron chi connectivity index (χ0n) is 19.8. The third kappa shape index (κ3) is 6.02. The number of rotatable bonds is 9. The van der Waals surface area contributed by atoms with Crippen molar-refractivity contribution in [2.45, 2.75) is 18.4 Å². The second kappa shape index (κ2) is 11.3. The Kier molecular flexibility index (Phi) is 7.95. The number of nitrogens with one attached hydrogen (secondary N) is 2. The van der Waals surface area contributed by atoms with Crippen LogP contribution in [0.4, 0.5) is 11.4 Å². The lowest BCUT2D eigenvalue weighted by atomic mass is 10.1. The van der Waals surface area contributed by atoms with E-state index in [0.717, 1.165) is 4.31 Å². The molecule has 10 heteroatoms. The first-order valence-electron chi connectivity index (χ1n) is 11.3. The van der Waals surface area contributed by atoms with Crippen LogP contribution in [0.3, 0.4) is 0 Å². The van der Waals surface area contributed by atoms with Crippen molar-refractivity contribution < 1.29 is 22.4 Å². The summed E-state index contributed by atoms with van der Waals surface area (Å²) in [6.07, 6.45) is 1.51. The Morgan fingerprint density at radius 3 is 2.38 bits per heavy atom. The van der Waals surface area contributed by atoms with Crippen molar-refractivity contribution in [3.63, 3.8) is 0 Å². The largest absolute Gasteiger partial charge is 0.467 e. The monoisotopic (exact) mass is 537 g/mol. The highest BCUT2D eigenvalue weighted by Gasteiger charge is 2.29. The van der Waals surface area contributed by atoms with E-state index in [1.807, 2.05) is 0 Å². The van der Waals surface area contributed by atoms with Crippen molar-refractivity contribution in [1.29, 1.82) is 0 Å². The van der Waals surface area contributed by atoms with Gasteiger partial charge in [-0.3, -0.25) is 13.9 Å². The molecule has 0 aliphatic rings. The fourth-order valence-electron chi connectivity index (χ4n) is 3.67. The topological polar surface area (TPSA) is 109 Å². The minimum absolute atomic E-state index is 0.0277. The fraction of sp³-hybridized carbons (Fsp3) is 0.111. The van der Waals surface area contributed by atoms with Gasteiger partial charge in [-0.15, -0.1) is 0 Å². The maximum absolute atomic E-state index is 13.6. The molecule has 0 unspecified atom stereocenters. The minimum Gasteiger partial charge on any atom is -0.467 e. The van der Waals surface area contributed by atoms with Crippen molar-refractivity contribution in [2.75, 3.05) is 16.2 Å². The number of nitrogens with zero attached hydrogens (tertiary/aromatic N) is 1. The van der Waals surface area contributed by atoms with Gasteiger partial charge in [-0.2, -0.15) is 0 Å². The lowest BCUT2D eigenvalue weighted by molar-refractivity contribution is -0.114. The number of hydrogen-bond donors (Lipinski definition) is 2. The van der Waals surface area contributed by atoms with E-state index in [9.17, 15) is 18.0 Å². The SMILES string of the molecule is Cc1c(Cl)cccc1N(CC(=O)Nc1ccccc1C(=O)NCc1ccco1)S(=O)(=O)c1ccccc1. The van der Waals surface area contributed by atoms with E-state index in [-0.39, 0.29) is 28.4 Å². The van der Waals surface area contributed by atoms with E-state index in [2.05, 4.69) is 10.6 Å². The van der Waals surface area contributed by atoms with Gasteiger partial charge in [0, 0.05) is 5.02 Å². The number of amides is 2. The van der Waals surface area contributed by atoms with Gasteiger partial charge < -0.3 is 15.1 Å². The zero-order valence-corrected chi connectivity index (χ0v) is 21.4. The predicted molar refractivity (Wildman–Crippen MR) is 142 cm³/mol. The van der Waals surface area contributed by atoms with Crippen LogP contribution in [0.2, 0.25) is 5.02 Å². The summed E-state index contributed by atoms with van der Waals surface area (Å²) in [6, 6.07) is 22.6. The number of para-hydroxylation sites is 1. The van der Waals surface area contributed by atoms with Gasteiger partial charge in [-0.25, -0.2) is 8.42 Å². The Hall–Kier alpha value is -4.08. The first-order chi connectivity index (χ1) is 17.8.